The van der Waals surface area contributed by atoms with Crippen LogP contribution in [0.25, 0.3) is 11.4 Å². The first kappa shape index (κ1) is 50.3. The van der Waals surface area contributed by atoms with E-state index in [9.17, 15) is 9.59 Å². The Labute approximate surface area is 393 Å². The second kappa shape index (κ2) is 24.0. The Morgan fingerprint density at radius 3 is 1.53 bits per heavy atom. The Balaban J connectivity index is 0.000000161. The molecule has 0 radical (unpaired) electrons. The lowest BCUT2D eigenvalue weighted by molar-refractivity contribution is -0.119. The van der Waals surface area contributed by atoms with E-state index in [-0.39, 0.29) is 12.1 Å². The van der Waals surface area contributed by atoms with Gasteiger partial charge in [-0.25, -0.2) is 11.7 Å². The van der Waals surface area contributed by atoms with Crippen LogP contribution in [0.5, 0.6) is 0 Å². The average Bonchev–Trinajstić information content (AvgIpc) is 4.16. The molecule has 16 heteroatoms. The number of carbonyl (C=O) groups excluding carboxylic acids is 2. The summed E-state index contributed by atoms with van der Waals surface area (Å²) in [6.45, 7) is 14.5. The van der Waals surface area contributed by atoms with Gasteiger partial charge in [0.1, 0.15) is 0 Å². The van der Waals surface area contributed by atoms with Crippen molar-refractivity contribution < 1.29 is 14.0 Å². The summed E-state index contributed by atoms with van der Waals surface area (Å²) in [5.41, 5.74) is 15.6. The topological polar surface area (TPSA) is 171 Å². The van der Waals surface area contributed by atoms with E-state index < -0.39 is 0 Å². The average molecular weight is 931 g/mol. The smallest absolute Gasteiger partial charge is 0.210 e. The van der Waals surface area contributed by atoms with Gasteiger partial charge in [-0.3, -0.25) is 9.59 Å². The van der Waals surface area contributed by atoms with Crippen molar-refractivity contribution in [3.8, 4) is 0 Å². The molecule has 2 aromatic carbocycles. The lowest BCUT2D eigenvalue weighted by Gasteiger charge is -2.31. The maximum absolute atomic E-state index is 11.1. The molecule has 6 heterocycles. The fourth-order valence-electron chi connectivity index (χ4n) is 7.82. The van der Waals surface area contributed by atoms with E-state index in [2.05, 4.69) is 114 Å². The number of nitrogens with zero attached hydrogens (tertiary/aromatic N) is 6. The number of anilines is 2. The summed E-state index contributed by atoms with van der Waals surface area (Å²) in [5.74, 6) is 13.4. The van der Waals surface area contributed by atoms with Crippen molar-refractivity contribution >= 4 is 70.4 Å². The number of rotatable bonds is 12. The molecular weight excluding hydrogens is 861 g/mol. The molecule has 4 aliphatic heterocycles. The third kappa shape index (κ3) is 12.7. The Morgan fingerprint density at radius 1 is 0.672 bits per heavy atom. The molecule has 2 saturated heterocycles. The molecule has 0 bridgehead atoms. The summed E-state index contributed by atoms with van der Waals surface area (Å²) in [7, 11) is 4.26. The predicted octanol–water partition coefficient (Wildman–Crippen LogP) is 8.33. The van der Waals surface area contributed by atoms with Gasteiger partial charge in [-0.1, -0.05) is 81.6 Å². The molecule has 4 aliphatic rings. The van der Waals surface area contributed by atoms with Crippen molar-refractivity contribution in [2.45, 2.75) is 112 Å². The van der Waals surface area contributed by atoms with Crippen LogP contribution >= 0.6 is 34.9 Å². The van der Waals surface area contributed by atoms with Crippen LogP contribution in [0.4, 0.5) is 11.4 Å². The van der Waals surface area contributed by atoms with E-state index in [1.54, 1.807) is 52.2 Å². The molecule has 8 N–H and O–H groups in total. The van der Waals surface area contributed by atoms with Gasteiger partial charge in [0, 0.05) is 61.5 Å². The largest absolute Gasteiger partial charge is 0.463 e. The molecule has 6 unspecified atom stereocenters. The van der Waals surface area contributed by atoms with E-state index >= 15 is 0 Å². The van der Waals surface area contributed by atoms with Gasteiger partial charge in [-0.15, -0.1) is 11.3 Å². The maximum atomic E-state index is 11.1. The lowest BCUT2D eigenvalue weighted by atomic mass is 10.1. The number of carbonyl (C=O) groups is 2. The third-order valence-electron chi connectivity index (χ3n) is 12.4. The molecule has 64 heavy (non-hydrogen) atoms. The van der Waals surface area contributed by atoms with Crippen molar-refractivity contribution in [3.63, 3.8) is 0 Å². The second-order valence-corrected chi connectivity index (χ2v) is 20.5. The second-order valence-electron chi connectivity index (χ2n) is 17.3. The molecule has 8 rings (SSSR count). The van der Waals surface area contributed by atoms with Gasteiger partial charge in [-0.05, 0) is 99.2 Å². The molecule has 2 amide bonds. The summed E-state index contributed by atoms with van der Waals surface area (Å²) in [6, 6.07) is 25.7. The zero-order valence-corrected chi connectivity index (χ0v) is 41.1. The van der Waals surface area contributed by atoms with Crippen molar-refractivity contribution in [1.82, 2.24) is 19.8 Å². The minimum absolute atomic E-state index is 0.235. The van der Waals surface area contributed by atoms with Crippen LogP contribution in [0, 0.1) is 11.8 Å². The number of hydrogen-bond donors (Lipinski definition) is 4. The van der Waals surface area contributed by atoms with E-state index in [4.69, 9.17) is 27.6 Å². The van der Waals surface area contributed by atoms with Crippen LogP contribution in [-0.2, 0) is 9.59 Å². The van der Waals surface area contributed by atoms with Crippen molar-refractivity contribution in [2.24, 2.45) is 35.0 Å². The molecular formula is C48H70N10O3S3. The number of furan rings is 1. The number of benzene rings is 2. The van der Waals surface area contributed by atoms with Gasteiger partial charge in [0.15, 0.2) is 5.76 Å². The molecule has 0 saturated carbocycles. The number of hydrazine groups is 2. The number of nitrogens with two attached hydrogens (primary N) is 4. The molecule has 4 aromatic rings. The highest BCUT2D eigenvalue weighted by atomic mass is 32.2. The van der Waals surface area contributed by atoms with Gasteiger partial charge < -0.3 is 45.5 Å². The minimum Gasteiger partial charge on any atom is -0.463 e. The van der Waals surface area contributed by atoms with Crippen LogP contribution in [-0.4, -0.2) is 94.7 Å². The van der Waals surface area contributed by atoms with Gasteiger partial charge in [0.2, 0.25) is 12.8 Å². The molecule has 0 spiro atoms. The number of fused-ring (bicyclic) bond motifs is 2. The fourth-order valence-corrected chi connectivity index (χ4v) is 11.4. The molecule has 6 atom stereocenters. The first-order chi connectivity index (χ1) is 30.7. The van der Waals surface area contributed by atoms with E-state index in [1.807, 2.05) is 50.8 Å². The highest BCUT2D eigenvalue weighted by Crippen LogP contribution is 2.47. The van der Waals surface area contributed by atoms with Crippen molar-refractivity contribution in [3.05, 3.63) is 107 Å². The first-order valence-electron chi connectivity index (χ1n) is 22.1. The molecule has 348 valence electrons. The Bertz CT molecular complexity index is 1950. The van der Waals surface area contributed by atoms with E-state index in [0.717, 1.165) is 62.2 Å². The standard InChI is InChI=1S/2C13H16N2OS.C11H19N3O.C11H19N3S/c2*1-14-10-5-2-3-7-12(10)17-13(14)11-6-4-8-15(11)9-16;2*1-8(2)9(3)14(13)7-10(12)11-5-4-6-15-11/h2*2-3,5,7,9,11,13H,4,6,8H2,1H3;2*4-9H,12-13H2,1-3H3/b;;2*10-7-. The van der Waals surface area contributed by atoms with E-state index in [0.29, 0.717) is 46.1 Å². The molecule has 2 fully saturated rings. The number of hydrogen-bond acceptors (Lipinski definition) is 14. The quantitative estimate of drug-likeness (QED) is 0.0608. The van der Waals surface area contributed by atoms with Crippen molar-refractivity contribution in [1.29, 1.82) is 0 Å². The molecule has 2 aromatic heterocycles. The highest BCUT2D eigenvalue weighted by molar-refractivity contribution is 8.00. The monoisotopic (exact) mass is 930 g/mol. The number of likely N-dealkylation sites (N-methyl/N-ethyl adjacent to an activating group) is 2. The SMILES string of the molecule is CC(C)C(C)N(N)/C=C(\N)c1ccco1.CC(C)C(C)N(N)/C=C(\N)c1cccs1.CN1c2ccccc2SC1C1CCCN1C=O.CN1c2ccccc2SC1C1CCCN1C=O. The van der Waals surface area contributed by atoms with E-state index in [1.165, 1.54) is 21.2 Å². The van der Waals surface area contributed by atoms with Crippen LogP contribution in [0.1, 0.15) is 77.9 Å². The third-order valence-corrected chi connectivity index (χ3v) is 16.3. The van der Waals surface area contributed by atoms with Gasteiger partial charge in [0.25, 0.3) is 0 Å². The van der Waals surface area contributed by atoms with Gasteiger partial charge in [0.05, 0.1) is 56.7 Å². The maximum Gasteiger partial charge on any atom is 0.210 e. The number of likely N-dealkylation sites (tertiary alicyclic amines) is 2. The Kier molecular flexibility index (Phi) is 18.8. The number of para-hydroxylation sites is 2. The number of thiophene rings is 1. The minimum atomic E-state index is 0.235. The predicted molar refractivity (Wildman–Crippen MR) is 269 cm³/mol. The molecule has 13 nitrogen and oxygen atoms in total. The van der Waals surface area contributed by atoms with Crippen LogP contribution in [0.3, 0.4) is 0 Å². The lowest BCUT2D eigenvalue weighted by Crippen LogP contribution is -2.43. The zero-order valence-electron chi connectivity index (χ0n) is 38.7. The summed E-state index contributed by atoms with van der Waals surface area (Å²) in [6.07, 6.45) is 11.6. The normalized spacial score (nSPS) is 21.2. The first-order valence-corrected chi connectivity index (χ1v) is 24.8. The Hall–Kier alpha value is -4.74. The van der Waals surface area contributed by atoms with Crippen LogP contribution in [0.2, 0.25) is 0 Å². The van der Waals surface area contributed by atoms with Gasteiger partial charge >= 0.3 is 0 Å². The van der Waals surface area contributed by atoms with Crippen molar-refractivity contribution in [2.75, 3.05) is 37.0 Å². The summed E-state index contributed by atoms with van der Waals surface area (Å²) < 4.78 is 5.16. The molecule has 0 aliphatic carbocycles. The zero-order chi connectivity index (χ0) is 46.5. The Morgan fingerprint density at radius 2 is 1.14 bits per heavy atom. The van der Waals surface area contributed by atoms with Gasteiger partial charge in [-0.2, -0.15) is 0 Å². The summed E-state index contributed by atoms with van der Waals surface area (Å²) in [4.78, 5) is 34.4. The number of thioether (sulfide) groups is 2. The van der Waals surface area contributed by atoms with Crippen LogP contribution in [0.15, 0.2) is 111 Å². The number of amides is 2. The summed E-state index contributed by atoms with van der Waals surface area (Å²) in [5, 5.41) is 6.05. The fraction of sp³-hybridized carbons (Fsp3) is 0.458. The summed E-state index contributed by atoms with van der Waals surface area (Å²) >= 11 is 5.39. The highest BCUT2D eigenvalue weighted by Gasteiger charge is 2.39. The van der Waals surface area contributed by atoms with Crippen LogP contribution < -0.4 is 33.0 Å².